The molecule has 2 atom stereocenters. The fourth-order valence-corrected chi connectivity index (χ4v) is 3.79. The van der Waals surface area contributed by atoms with E-state index in [2.05, 4.69) is 10.3 Å². The number of rotatable bonds is 6. The summed E-state index contributed by atoms with van der Waals surface area (Å²) in [5, 5.41) is 2.98. The second-order valence-electron chi connectivity index (χ2n) is 7.15. The molecule has 1 aromatic heterocycles. The summed E-state index contributed by atoms with van der Waals surface area (Å²) < 4.78 is 0. The summed E-state index contributed by atoms with van der Waals surface area (Å²) >= 11 is 0. The molecule has 7 heteroatoms. The summed E-state index contributed by atoms with van der Waals surface area (Å²) in [6.07, 6.45) is 6.70. The average molecular weight is 360 g/mol. The third-order valence-corrected chi connectivity index (χ3v) is 5.59. The zero-order valence-electron chi connectivity index (χ0n) is 15.5. The van der Waals surface area contributed by atoms with Crippen molar-refractivity contribution in [2.24, 2.45) is 5.92 Å². The lowest BCUT2D eigenvalue weighted by Crippen LogP contribution is -2.50. The number of nitrogens with zero attached hydrogens (tertiary/aromatic N) is 2. The Morgan fingerprint density at radius 1 is 1.27 bits per heavy atom. The second-order valence-corrected chi connectivity index (χ2v) is 7.15. The summed E-state index contributed by atoms with van der Waals surface area (Å²) in [7, 11) is 0. The van der Waals surface area contributed by atoms with Crippen LogP contribution in [0.15, 0.2) is 18.5 Å². The van der Waals surface area contributed by atoms with E-state index in [9.17, 15) is 14.4 Å². The fraction of sp³-hybridized carbons (Fsp3) is 0.632. The Labute approximate surface area is 154 Å². The van der Waals surface area contributed by atoms with E-state index in [1.54, 1.807) is 28.3 Å². The van der Waals surface area contributed by atoms with E-state index in [1.165, 1.54) is 0 Å². The molecule has 2 heterocycles. The van der Waals surface area contributed by atoms with Crippen LogP contribution in [0, 0.1) is 5.92 Å². The molecule has 26 heavy (non-hydrogen) atoms. The molecule has 1 saturated heterocycles. The van der Waals surface area contributed by atoms with Crippen molar-refractivity contribution in [2.75, 3.05) is 19.6 Å². The first-order valence-electron chi connectivity index (χ1n) is 9.58. The van der Waals surface area contributed by atoms with Gasteiger partial charge in [-0.2, -0.15) is 0 Å². The van der Waals surface area contributed by atoms with Gasteiger partial charge in [0.25, 0.3) is 5.91 Å². The Morgan fingerprint density at radius 3 is 2.54 bits per heavy atom. The van der Waals surface area contributed by atoms with Gasteiger partial charge in [0.05, 0.1) is 5.56 Å². The number of amides is 3. The van der Waals surface area contributed by atoms with E-state index in [0.29, 0.717) is 31.6 Å². The number of nitrogens with one attached hydrogen (secondary N) is 2. The first-order valence-corrected chi connectivity index (χ1v) is 9.58. The Kier molecular flexibility index (Phi) is 5.64. The molecular formula is C19H28N4O3. The number of hydrogen-bond acceptors (Lipinski definition) is 3. The van der Waals surface area contributed by atoms with Crippen LogP contribution in [0.1, 0.15) is 49.9 Å². The number of aromatic amines is 1. The van der Waals surface area contributed by atoms with Gasteiger partial charge in [0.2, 0.25) is 11.8 Å². The first kappa shape index (κ1) is 18.5. The average Bonchev–Trinajstić information content (AvgIpc) is 3.24. The van der Waals surface area contributed by atoms with E-state index in [-0.39, 0.29) is 29.7 Å². The molecule has 0 spiro atoms. The number of likely N-dealkylation sites (tertiary alicyclic amines) is 1. The van der Waals surface area contributed by atoms with E-state index >= 15 is 0 Å². The van der Waals surface area contributed by atoms with Gasteiger partial charge in [-0.15, -0.1) is 0 Å². The van der Waals surface area contributed by atoms with Crippen LogP contribution in [0.5, 0.6) is 0 Å². The quantitative estimate of drug-likeness (QED) is 0.804. The molecule has 0 unspecified atom stereocenters. The van der Waals surface area contributed by atoms with Crippen molar-refractivity contribution in [3.63, 3.8) is 0 Å². The molecular weight excluding hydrogens is 332 g/mol. The lowest BCUT2D eigenvalue weighted by molar-refractivity contribution is -0.147. The minimum atomic E-state index is -0.473. The lowest BCUT2D eigenvalue weighted by Gasteiger charge is -2.34. The smallest absolute Gasteiger partial charge is 0.253 e. The van der Waals surface area contributed by atoms with Gasteiger partial charge >= 0.3 is 0 Å². The summed E-state index contributed by atoms with van der Waals surface area (Å²) in [5.74, 6) is -0.0782. The topological polar surface area (TPSA) is 85.5 Å². The molecule has 2 aliphatic rings. The second kappa shape index (κ2) is 7.93. The van der Waals surface area contributed by atoms with E-state index in [4.69, 9.17) is 0 Å². The highest BCUT2D eigenvalue weighted by Crippen LogP contribution is 2.32. The van der Waals surface area contributed by atoms with Gasteiger partial charge in [0.1, 0.15) is 6.04 Å². The number of hydrogen-bond donors (Lipinski definition) is 2. The first-order chi connectivity index (χ1) is 12.5. The monoisotopic (exact) mass is 360 g/mol. The van der Waals surface area contributed by atoms with Gasteiger partial charge in [0, 0.05) is 44.0 Å². The summed E-state index contributed by atoms with van der Waals surface area (Å²) in [4.78, 5) is 44.4. The third kappa shape index (κ3) is 3.61. The Hall–Kier alpha value is -2.31. The molecule has 1 saturated carbocycles. The molecule has 2 fully saturated rings. The van der Waals surface area contributed by atoms with Gasteiger partial charge < -0.3 is 20.1 Å². The number of likely N-dealkylation sites (N-methyl/N-ethyl adjacent to an activating group) is 1. The summed E-state index contributed by atoms with van der Waals surface area (Å²) in [6, 6.07) is 1.03. The van der Waals surface area contributed by atoms with Crippen LogP contribution in [0.25, 0.3) is 0 Å². The molecule has 1 aliphatic heterocycles. The maximum absolute atomic E-state index is 12.9. The number of carbonyl (C=O) groups is 3. The molecule has 0 bridgehead atoms. The zero-order valence-corrected chi connectivity index (χ0v) is 15.5. The van der Waals surface area contributed by atoms with Crippen molar-refractivity contribution in [3.8, 4) is 0 Å². The highest BCUT2D eigenvalue weighted by atomic mass is 16.2. The number of carbonyl (C=O) groups excluding carboxylic acids is 3. The SMILES string of the molecule is CCN(CC)C(=O)[C@@H]1C[C@@H](NC(=O)c2cc[nH]c2)CN1C(=O)C1CCC1. The van der Waals surface area contributed by atoms with Crippen LogP contribution in [0.4, 0.5) is 0 Å². The van der Waals surface area contributed by atoms with Gasteiger partial charge in [-0.05, 0) is 39.2 Å². The van der Waals surface area contributed by atoms with Crippen molar-refractivity contribution < 1.29 is 14.4 Å². The van der Waals surface area contributed by atoms with E-state index in [1.807, 2.05) is 13.8 Å². The molecule has 142 valence electrons. The highest BCUT2D eigenvalue weighted by Gasteiger charge is 2.44. The number of aromatic nitrogens is 1. The molecule has 7 nitrogen and oxygen atoms in total. The Morgan fingerprint density at radius 2 is 2.00 bits per heavy atom. The molecule has 1 aromatic rings. The van der Waals surface area contributed by atoms with Crippen molar-refractivity contribution in [2.45, 2.75) is 51.6 Å². The van der Waals surface area contributed by atoms with E-state index < -0.39 is 6.04 Å². The predicted octanol–water partition coefficient (Wildman–Crippen LogP) is 1.38. The Balaban J connectivity index is 1.72. The third-order valence-electron chi connectivity index (χ3n) is 5.59. The van der Waals surface area contributed by atoms with Crippen molar-refractivity contribution in [1.82, 2.24) is 20.1 Å². The fourth-order valence-electron chi connectivity index (χ4n) is 3.79. The van der Waals surface area contributed by atoms with Gasteiger partial charge in [-0.3, -0.25) is 14.4 Å². The lowest BCUT2D eigenvalue weighted by atomic mass is 9.84. The van der Waals surface area contributed by atoms with Crippen LogP contribution in [-0.2, 0) is 9.59 Å². The van der Waals surface area contributed by atoms with Gasteiger partial charge in [-0.1, -0.05) is 6.42 Å². The van der Waals surface area contributed by atoms with Crippen molar-refractivity contribution >= 4 is 17.7 Å². The molecule has 0 radical (unpaired) electrons. The van der Waals surface area contributed by atoms with Crippen molar-refractivity contribution in [3.05, 3.63) is 24.0 Å². The summed E-state index contributed by atoms with van der Waals surface area (Å²) in [6.45, 7) is 5.54. The van der Waals surface area contributed by atoms with Crippen LogP contribution >= 0.6 is 0 Å². The largest absolute Gasteiger partial charge is 0.367 e. The molecule has 0 aromatic carbocycles. The normalized spacial score (nSPS) is 22.8. The molecule has 1 aliphatic carbocycles. The van der Waals surface area contributed by atoms with E-state index in [0.717, 1.165) is 19.3 Å². The van der Waals surface area contributed by atoms with Gasteiger partial charge in [-0.25, -0.2) is 0 Å². The number of H-pyrrole nitrogens is 1. The maximum Gasteiger partial charge on any atom is 0.253 e. The zero-order chi connectivity index (χ0) is 18.7. The molecule has 3 rings (SSSR count). The summed E-state index contributed by atoms with van der Waals surface area (Å²) in [5.41, 5.74) is 0.556. The minimum absolute atomic E-state index is 0.0129. The van der Waals surface area contributed by atoms with Crippen LogP contribution < -0.4 is 5.32 Å². The standard InChI is InChI=1S/C19H28N4O3/c1-3-22(4-2)19(26)16-10-15(21-17(24)14-8-9-20-11-14)12-23(16)18(25)13-6-5-7-13/h8-9,11,13,15-16,20H,3-7,10,12H2,1-2H3,(H,21,24)/t15-,16+/m1/s1. The van der Waals surface area contributed by atoms with Crippen LogP contribution in [0.2, 0.25) is 0 Å². The van der Waals surface area contributed by atoms with Gasteiger partial charge in [0.15, 0.2) is 0 Å². The minimum Gasteiger partial charge on any atom is -0.367 e. The highest BCUT2D eigenvalue weighted by molar-refractivity contribution is 5.95. The molecule has 2 N–H and O–H groups in total. The van der Waals surface area contributed by atoms with Crippen molar-refractivity contribution in [1.29, 1.82) is 0 Å². The maximum atomic E-state index is 12.9. The Bertz CT molecular complexity index is 650. The molecule has 3 amide bonds. The van der Waals surface area contributed by atoms with Crippen LogP contribution in [0.3, 0.4) is 0 Å². The predicted molar refractivity (Wildman–Crippen MR) is 97.4 cm³/mol. The van der Waals surface area contributed by atoms with Crippen LogP contribution in [-0.4, -0.2) is 64.2 Å².